The fraction of sp³-hybridized carbons (Fsp3) is 0.893. The van der Waals surface area contributed by atoms with Crippen molar-refractivity contribution in [3.8, 4) is 0 Å². The van der Waals surface area contributed by atoms with Gasteiger partial charge in [-0.05, 0) is 38.5 Å². The fourth-order valence-corrected chi connectivity index (χ4v) is 4.09. The van der Waals surface area contributed by atoms with Crippen molar-refractivity contribution in [2.75, 3.05) is 13.2 Å². The number of carbonyl (C=O) groups is 1. The quantitative estimate of drug-likeness (QED) is 0.0980. The summed E-state index contributed by atoms with van der Waals surface area (Å²) in [5.74, 6) is 0.00301. The van der Waals surface area contributed by atoms with Gasteiger partial charge in [0.1, 0.15) is 6.10 Å². The van der Waals surface area contributed by atoms with E-state index in [1.807, 2.05) is 0 Å². The zero-order valence-corrected chi connectivity index (χ0v) is 22.1. The molecule has 0 unspecified atom stereocenters. The average molecular weight is 469 g/mol. The number of hydrogen-bond acceptors (Lipinski definition) is 5. The lowest BCUT2D eigenvalue weighted by Gasteiger charge is -2.18. The number of unbranched alkanes of at least 4 members (excludes halogenated alkanes) is 14. The van der Waals surface area contributed by atoms with Crippen LogP contribution in [0.3, 0.4) is 0 Å². The molecular weight excluding hydrogens is 412 g/mol. The molecule has 0 aromatic rings. The van der Waals surface area contributed by atoms with Gasteiger partial charge in [0.25, 0.3) is 0 Å². The summed E-state index contributed by atoms with van der Waals surface area (Å²) in [5.41, 5.74) is 5.98. The normalized spacial score (nSPS) is 11.8. The molecular formula is C28H56N2O3. The first kappa shape index (κ1) is 31.8. The van der Waals surface area contributed by atoms with Gasteiger partial charge in [0, 0.05) is 24.9 Å². The third-order valence-corrected chi connectivity index (χ3v) is 6.23. The van der Waals surface area contributed by atoms with Crippen molar-refractivity contribution in [1.82, 2.24) is 5.32 Å². The zero-order chi connectivity index (χ0) is 24.4. The first-order valence-corrected chi connectivity index (χ1v) is 14.1. The minimum Gasteiger partial charge on any atom is -0.462 e. The van der Waals surface area contributed by atoms with Crippen molar-refractivity contribution >= 4 is 5.97 Å². The Kier molecular flexibility index (Phi) is 24.4. The highest BCUT2D eigenvalue weighted by Crippen LogP contribution is 2.18. The summed E-state index contributed by atoms with van der Waals surface area (Å²) in [5, 5.41) is 11.9. The Bertz CT molecular complexity index is 438. The molecule has 0 aliphatic carbocycles. The van der Waals surface area contributed by atoms with Crippen LogP contribution in [-0.2, 0) is 9.53 Å². The van der Waals surface area contributed by atoms with Gasteiger partial charge >= 0.3 is 5.97 Å². The monoisotopic (exact) mass is 468 g/mol. The molecule has 0 aliphatic heterocycles. The van der Waals surface area contributed by atoms with E-state index in [9.17, 15) is 4.79 Å². The third-order valence-electron chi connectivity index (χ3n) is 6.23. The van der Waals surface area contributed by atoms with Crippen molar-refractivity contribution in [2.45, 2.75) is 148 Å². The van der Waals surface area contributed by atoms with Crippen LogP contribution in [-0.4, -0.2) is 30.3 Å². The number of carbonyl (C=O) groups excluding carboxylic acids is 1. The molecule has 0 saturated heterocycles. The molecule has 0 aromatic carbocycles. The van der Waals surface area contributed by atoms with E-state index in [2.05, 4.69) is 19.2 Å². The number of nitrogens with one attached hydrogen (secondary N) is 1. The first-order chi connectivity index (χ1) is 16.1. The van der Waals surface area contributed by atoms with Crippen LogP contribution in [0.2, 0.25) is 0 Å². The minimum absolute atomic E-state index is 0.00301. The molecule has 0 aromatic heterocycles. The van der Waals surface area contributed by atoms with Crippen molar-refractivity contribution in [1.29, 1.82) is 0 Å². The molecule has 33 heavy (non-hydrogen) atoms. The number of aliphatic hydroxyl groups is 1. The molecule has 4 N–H and O–H groups in total. The Labute approximate surface area is 205 Å². The van der Waals surface area contributed by atoms with Gasteiger partial charge in [-0.15, -0.1) is 0 Å². The van der Waals surface area contributed by atoms with Gasteiger partial charge in [-0.2, -0.15) is 0 Å². The van der Waals surface area contributed by atoms with Crippen LogP contribution < -0.4 is 11.1 Å². The third kappa shape index (κ3) is 23.7. The molecule has 0 atom stereocenters. The summed E-state index contributed by atoms with van der Waals surface area (Å²) in [7, 11) is 0. The maximum Gasteiger partial charge on any atom is 0.306 e. The SMILES string of the molecule is CCCCCCCCC(CCCCCCCC)OC(=O)CCCCCCCN/C=C(\N)CO. The summed E-state index contributed by atoms with van der Waals surface area (Å²) < 4.78 is 5.91. The van der Waals surface area contributed by atoms with Crippen LogP contribution in [0.1, 0.15) is 142 Å². The van der Waals surface area contributed by atoms with E-state index < -0.39 is 0 Å². The predicted octanol–water partition coefficient (Wildman–Crippen LogP) is 7.12. The zero-order valence-electron chi connectivity index (χ0n) is 22.1. The van der Waals surface area contributed by atoms with Crippen molar-refractivity contribution in [3.63, 3.8) is 0 Å². The van der Waals surface area contributed by atoms with Crippen LogP contribution in [0.5, 0.6) is 0 Å². The topological polar surface area (TPSA) is 84.6 Å². The average Bonchev–Trinajstić information content (AvgIpc) is 2.81. The Morgan fingerprint density at radius 1 is 0.788 bits per heavy atom. The summed E-state index contributed by atoms with van der Waals surface area (Å²) in [6.45, 7) is 5.26. The molecule has 0 spiro atoms. The Hall–Kier alpha value is -1.23. The molecule has 0 fully saturated rings. The Morgan fingerprint density at radius 3 is 1.82 bits per heavy atom. The van der Waals surface area contributed by atoms with Crippen LogP contribution in [0.4, 0.5) is 0 Å². The number of esters is 1. The van der Waals surface area contributed by atoms with Crippen LogP contribution >= 0.6 is 0 Å². The Morgan fingerprint density at radius 2 is 1.27 bits per heavy atom. The molecule has 0 bridgehead atoms. The first-order valence-electron chi connectivity index (χ1n) is 14.1. The molecule has 5 nitrogen and oxygen atoms in total. The number of ether oxygens (including phenoxy) is 1. The lowest BCUT2D eigenvalue weighted by Crippen LogP contribution is -2.18. The molecule has 0 saturated carbocycles. The van der Waals surface area contributed by atoms with E-state index >= 15 is 0 Å². The Balaban J connectivity index is 3.97. The highest BCUT2D eigenvalue weighted by Gasteiger charge is 2.14. The van der Waals surface area contributed by atoms with Gasteiger partial charge in [0.05, 0.1) is 6.61 Å². The number of nitrogens with two attached hydrogens (primary N) is 1. The molecule has 0 amide bonds. The molecule has 0 rings (SSSR count). The van der Waals surface area contributed by atoms with Crippen molar-refractivity contribution < 1.29 is 14.6 Å². The van der Waals surface area contributed by atoms with E-state index in [4.69, 9.17) is 15.6 Å². The highest BCUT2D eigenvalue weighted by molar-refractivity contribution is 5.69. The largest absolute Gasteiger partial charge is 0.462 e. The second kappa shape index (κ2) is 25.4. The lowest BCUT2D eigenvalue weighted by molar-refractivity contribution is -0.150. The maximum absolute atomic E-state index is 12.4. The highest BCUT2D eigenvalue weighted by atomic mass is 16.5. The summed E-state index contributed by atoms with van der Waals surface area (Å²) in [4.78, 5) is 12.4. The molecule has 0 heterocycles. The van der Waals surface area contributed by atoms with Gasteiger partial charge in [-0.3, -0.25) is 4.79 Å². The molecule has 5 heteroatoms. The minimum atomic E-state index is -0.109. The van der Waals surface area contributed by atoms with E-state index in [1.165, 1.54) is 77.0 Å². The second-order valence-electron chi connectivity index (χ2n) is 9.57. The van der Waals surface area contributed by atoms with Gasteiger partial charge in [0.2, 0.25) is 0 Å². The van der Waals surface area contributed by atoms with E-state index in [0.717, 1.165) is 51.5 Å². The molecule has 0 aliphatic rings. The van der Waals surface area contributed by atoms with Crippen LogP contribution in [0.15, 0.2) is 11.9 Å². The van der Waals surface area contributed by atoms with Gasteiger partial charge in [-0.25, -0.2) is 0 Å². The predicted molar refractivity (Wildman–Crippen MR) is 141 cm³/mol. The molecule has 196 valence electrons. The van der Waals surface area contributed by atoms with Crippen LogP contribution in [0.25, 0.3) is 0 Å². The number of hydrogen-bond donors (Lipinski definition) is 3. The van der Waals surface area contributed by atoms with E-state index in [0.29, 0.717) is 12.1 Å². The number of rotatable bonds is 25. The summed E-state index contributed by atoms with van der Waals surface area (Å²) in [6.07, 6.45) is 25.2. The van der Waals surface area contributed by atoms with E-state index in [1.54, 1.807) is 6.20 Å². The second-order valence-corrected chi connectivity index (χ2v) is 9.57. The summed E-state index contributed by atoms with van der Waals surface area (Å²) in [6, 6.07) is 0. The molecule has 0 radical (unpaired) electrons. The van der Waals surface area contributed by atoms with Crippen molar-refractivity contribution in [3.05, 3.63) is 11.9 Å². The summed E-state index contributed by atoms with van der Waals surface area (Å²) >= 11 is 0. The van der Waals surface area contributed by atoms with Crippen LogP contribution in [0, 0.1) is 0 Å². The standard InChI is InChI=1S/C28H56N2O3/c1-3-5-7-9-12-16-20-27(21-17-13-10-8-6-4-2)33-28(32)22-18-14-11-15-19-23-30-24-26(29)25-31/h24,27,30-31H,3-23,25,29H2,1-2H3/b26-24-. The fourth-order valence-electron chi connectivity index (χ4n) is 4.09. The van der Waals surface area contributed by atoms with Crippen molar-refractivity contribution in [2.24, 2.45) is 5.73 Å². The van der Waals surface area contributed by atoms with Gasteiger partial charge < -0.3 is 20.9 Å². The lowest BCUT2D eigenvalue weighted by atomic mass is 10.0. The van der Waals surface area contributed by atoms with Gasteiger partial charge in [-0.1, -0.05) is 97.3 Å². The number of aliphatic hydroxyl groups excluding tert-OH is 1. The van der Waals surface area contributed by atoms with Gasteiger partial charge in [0.15, 0.2) is 0 Å². The smallest absolute Gasteiger partial charge is 0.306 e. The van der Waals surface area contributed by atoms with E-state index in [-0.39, 0.29) is 18.7 Å². The maximum atomic E-state index is 12.4.